The highest BCUT2D eigenvalue weighted by atomic mass is 15.0. The summed E-state index contributed by atoms with van der Waals surface area (Å²) in [6.07, 6.45) is 6.87. The minimum Gasteiger partial charge on any atom is -0.304 e. The van der Waals surface area contributed by atoms with Crippen molar-refractivity contribution in [3.63, 3.8) is 0 Å². The van der Waals surface area contributed by atoms with Gasteiger partial charge in [0.15, 0.2) is 0 Å². The minimum atomic E-state index is 0. The largest absolute Gasteiger partial charge is 0.304 e. The lowest BCUT2D eigenvalue weighted by Gasteiger charge is -2.31. The first-order valence-electron chi connectivity index (χ1n) is 13.7. The molecule has 0 bridgehead atoms. The van der Waals surface area contributed by atoms with E-state index in [2.05, 4.69) is 144 Å². The molecule has 0 aromatic heterocycles. The first-order valence-corrected chi connectivity index (χ1v) is 13.7. The summed E-state index contributed by atoms with van der Waals surface area (Å²) in [4.78, 5) is 0. The van der Waals surface area contributed by atoms with E-state index < -0.39 is 0 Å². The van der Waals surface area contributed by atoms with Crippen LogP contribution in [0, 0.1) is 0 Å². The van der Waals surface area contributed by atoms with Crippen molar-refractivity contribution in [3.05, 3.63) is 161 Å². The van der Waals surface area contributed by atoms with Crippen molar-refractivity contribution in [3.8, 4) is 0 Å². The number of aryl methyl sites for hydroxylation is 1. The second-order valence-electron chi connectivity index (χ2n) is 10.1. The quantitative estimate of drug-likeness (QED) is 0.212. The summed E-state index contributed by atoms with van der Waals surface area (Å²) >= 11 is 0. The topological polar surface area (TPSA) is 24.1 Å². The zero-order chi connectivity index (χ0) is 25.6. The highest BCUT2D eigenvalue weighted by molar-refractivity contribution is 5.85. The fraction of sp³-hybridized carbons (Fsp3) is 0.167. The smallest absolute Gasteiger partial charge is 0.0521 e. The molecular weight excluding hydrogens is 460 g/mol. The van der Waals surface area contributed by atoms with Gasteiger partial charge in [-0.15, -0.1) is 0 Å². The predicted octanol–water partition coefficient (Wildman–Crippen LogP) is 8.65. The third-order valence-corrected chi connectivity index (χ3v) is 7.71. The summed E-state index contributed by atoms with van der Waals surface area (Å²) in [6.45, 7) is 1.60. The molecule has 5 aromatic rings. The van der Waals surface area contributed by atoms with E-state index in [4.69, 9.17) is 0 Å². The molecule has 2 atom stereocenters. The maximum atomic E-state index is 3.98. The Morgan fingerprint density at radius 2 is 1.16 bits per heavy atom. The summed E-state index contributed by atoms with van der Waals surface area (Å²) < 4.78 is 0. The van der Waals surface area contributed by atoms with Gasteiger partial charge >= 0.3 is 0 Å². The van der Waals surface area contributed by atoms with Crippen molar-refractivity contribution < 1.29 is 2.85 Å². The Kier molecular flexibility index (Phi) is 7.44. The summed E-state index contributed by atoms with van der Waals surface area (Å²) in [5.74, 6) is 0. The van der Waals surface area contributed by atoms with Gasteiger partial charge in [-0.2, -0.15) is 0 Å². The van der Waals surface area contributed by atoms with Crippen molar-refractivity contribution >= 4 is 16.8 Å². The number of nitrogens with one attached hydrogen (secondary N) is 2. The Hall–Kier alpha value is -3.98. The molecule has 0 spiro atoms. The molecule has 6 rings (SSSR count). The summed E-state index contributed by atoms with van der Waals surface area (Å²) in [5, 5.41) is 10.5. The minimum absolute atomic E-state index is 0. The third-order valence-electron chi connectivity index (χ3n) is 7.71. The average Bonchev–Trinajstić information content (AvgIpc) is 2.99. The lowest BCUT2D eigenvalue weighted by atomic mass is 9.91. The van der Waals surface area contributed by atoms with Crippen LogP contribution < -0.4 is 10.6 Å². The molecule has 0 radical (unpaired) electrons. The van der Waals surface area contributed by atoms with Crippen molar-refractivity contribution in [1.29, 1.82) is 0 Å². The van der Waals surface area contributed by atoms with E-state index in [9.17, 15) is 0 Å². The van der Waals surface area contributed by atoms with E-state index in [0.717, 1.165) is 25.9 Å². The number of allylic oxidation sites excluding steroid dienone is 1. The molecular formula is C36H38N2. The van der Waals surface area contributed by atoms with Gasteiger partial charge in [-0.05, 0) is 57.0 Å². The van der Waals surface area contributed by atoms with E-state index in [1.165, 1.54) is 44.2 Å². The number of hydrogen-bond donors (Lipinski definition) is 2. The first kappa shape index (κ1) is 24.4. The number of benzene rings is 5. The van der Waals surface area contributed by atoms with Crippen LogP contribution in [0.4, 0.5) is 0 Å². The highest BCUT2D eigenvalue weighted by Gasteiger charge is 2.25. The number of rotatable bonds is 9. The average molecular weight is 499 g/mol. The molecule has 2 nitrogen and oxygen atoms in total. The molecule has 1 aliphatic carbocycles. The van der Waals surface area contributed by atoms with Crippen molar-refractivity contribution in [1.82, 2.24) is 10.6 Å². The Balaban J connectivity index is 0.00000185. The van der Waals surface area contributed by atoms with Crippen LogP contribution in [0.3, 0.4) is 0 Å². The normalized spacial score (nSPS) is 14.2. The van der Waals surface area contributed by atoms with Gasteiger partial charge in [0, 0.05) is 15.9 Å². The van der Waals surface area contributed by atoms with Gasteiger partial charge < -0.3 is 10.6 Å². The Morgan fingerprint density at radius 1 is 0.579 bits per heavy atom. The molecule has 5 aromatic carbocycles. The van der Waals surface area contributed by atoms with Crippen LogP contribution in [0.5, 0.6) is 0 Å². The molecule has 192 valence electrons. The first-order chi connectivity index (χ1) is 18.9. The molecule has 0 aliphatic heterocycles. The van der Waals surface area contributed by atoms with Gasteiger partial charge in [0.25, 0.3) is 0 Å². The second-order valence-corrected chi connectivity index (χ2v) is 10.1. The van der Waals surface area contributed by atoms with Crippen molar-refractivity contribution in [2.24, 2.45) is 0 Å². The maximum Gasteiger partial charge on any atom is 0.0521 e. The Morgan fingerprint density at radius 3 is 1.89 bits per heavy atom. The molecule has 2 heteroatoms. The maximum absolute atomic E-state index is 3.98. The monoisotopic (exact) mass is 498 g/mol. The lowest BCUT2D eigenvalue weighted by molar-refractivity contribution is 0.381. The van der Waals surface area contributed by atoms with Crippen LogP contribution in [0.1, 0.15) is 54.7 Å². The second kappa shape index (κ2) is 11.6. The zero-order valence-corrected chi connectivity index (χ0v) is 21.7. The molecule has 0 saturated heterocycles. The zero-order valence-electron chi connectivity index (χ0n) is 21.7. The van der Waals surface area contributed by atoms with E-state index in [1.54, 1.807) is 0 Å². The van der Waals surface area contributed by atoms with Crippen molar-refractivity contribution in [2.75, 3.05) is 0 Å². The van der Waals surface area contributed by atoms with Crippen LogP contribution in [-0.4, -0.2) is 0 Å². The summed E-state index contributed by atoms with van der Waals surface area (Å²) in [7, 11) is 0. The summed E-state index contributed by atoms with van der Waals surface area (Å²) in [6, 6.07) is 43.9. The van der Waals surface area contributed by atoms with Crippen LogP contribution in [0.15, 0.2) is 127 Å². The highest BCUT2D eigenvalue weighted by Crippen LogP contribution is 2.31. The Bertz CT molecular complexity index is 1530. The van der Waals surface area contributed by atoms with E-state index in [1.807, 2.05) is 0 Å². The van der Waals surface area contributed by atoms with Crippen LogP contribution in [-0.2, 0) is 19.5 Å². The van der Waals surface area contributed by atoms with Gasteiger partial charge in [0.2, 0.25) is 0 Å². The van der Waals surface area contributed by atoms with Gasteiger partial charge in [-0.25, -0.2) is 0 Å². The molecule has 38 heavy (non-hydrogen) atoms. The third kappa shape index (κ3) is 5.33. The molecule has 1 aliphatic rings. The lowest BCUT2D eigenvalue weighted by Crippen LogP contribution is -2.35. The van der Waals surface area contributed by atoms with Crippen LogP contribution in [0.2, 0.25) is 0 Å². The fourth-order valence-electron chi connectivity index (χ4n) is 5.76. The number of hydrogen-bond acceptors (Lipinski definition) is 2. The van der Waals surface area contributed by atoms with Gasteiger partial charge in [0.05, 0.1) is 12.1 Å². The van der Waals surface area contributed by atoms with Gasteiger partial charge in [0.1, 0.15) is 0 Å². The SMILES string of the molecule is C1=Cc2c(cccc2CN[C@@H](c2ccccc2)[C@@H](NCc2cccc3ccccc23)c2ccccc2)CC1.[HH].[HH]. The fourth-order valence-corrected chi connectivity index (χ4v) is 5.76. The molecule has 0 saturated carbocycles. The van der Waals surface area contributed by atoms with E-state index in [-0.39, 0.29) is 14.9 Å². The standard InChI is InChI=1S/C36H34N2.2H2/c1-3-15-29(16-4-1)35(37-25-31-21-11-19-27-13-7-9-23-33(27)31)36(30-17-5-2-6-18-30)38-26-32-22-12-20-28-14-8-10-24-34(28)32;;/h1-7,9-13,15-24,35-38H,8,14,25-26H2;2*1H/t35-,36-;;/m0../s1. The molecule has 0 amide bonds. The van der Waals surface area contributed by atoms with Gasteiger partial charge in [-0.1, -0.05) is 133 Å². The van der Waals surface area contributed by atoms with Crippen LogP contribution >= 0.6 is 0 Å². The predicted molar refractivity (Wildman–Crippen MR) is 164 cm³/mol. The van der Waals surface area contributed by atoms with Crippen LogP contribution in [0.25, 0.3) is 16.8 Å². The molecule has 2 N–H and O–H groups in total. The van der Waals surface area contributed by atoms with Crippen molar-refractivity contribution in [2.45, 2.75) is 38.0 Å². The Labute approximate surface area is 229 Å². The molecule has 0 fully saturated rings. The molecule has 0 unspecified atom stereocenters. The summed E-state index contributed by atoms with van der Waals surface area (Å²) in [5.41, 5.74) is 8.09. The van der Waals surface area contributed by atoms with Gasteiger partial charge in [-0.3, -0.25) is 0 Å². The van der Waals surface area contributed by atoms with E-state index in [0.29, 0.717) is 0 Å². The molecule has 0 heterocycles. The van der Waals surface area contributed by atoms with E-state index >= 15 is 0 Å². The number of fused-ring (bicyclic) bond motifs is 2.